The molecule has 0 aliphatic carbocycles. The van der Waals surface area contributed by atoms with Crippen molar-refractivity contribution >= 4 is 28.8 Å². The number of nitrogens with zero attached hydrogens (tertiary/aromatic N) is 3. The molecule has 0 spiro atoms. The van der Waals surface area contributed by atoms with Crippen molar-refractivity contribution in [1.82, 2.24) is 24.8 Å². The summed E-state index contributed by atoms with van der Waals surface area (Å²) in [4.78, 5) is 49.4. The van der Waals surface area contributed by atoms with E-state index in [0.717, 1.165) is 25.4 Å². The number of ether oxygens (including phenoxy) is 1. The molecule has 174 valence electrons. The lowest BCUT2D eigenvalue weighted by atomic mass is 10.2. The molecule has 1 aliphatic heterocycles. The fourth-order valence-electron chi connectivity index (χ4n) is 3.72. The number of aromatic amines is 2. The number of carbonyl (C=O) groups is 2. The summed E-state index contributed by atoms with van der Waals surface area (Å²) in [5.41, 5.74) is 1.78. The first kappa shape index (κ1) is 22.5. The number of aromatic nitrogens is 3. The van der Waals surface area contributed by atoms with E-state index in [4.69, 9.17) is 4.74 Å². The van der Waals surface area contributed by atoms with Gasteiger partial charge in [-0.15, -0.1) is 0 Å². The first-order valence-corrected chi connectivity index (χ1v) is 11.0. The highest BCUT2D eigenvalue weighted by Gasteiger charge is 2.21. The number of H-pyrrole nitrogens is 2. The van der Waals surface area contributed by atoms with Gasteiger partial charge in [-0.2, -0.15) is 0 Å². The maximum absolute atomic E-state index is 12.5. The first-order valence-electron chi connectivity index (χ1n) is 11.0. The summed E-state index contributed by atoms with van der Waals surface area (Å²) in [6, 6.07) is 11.3. The lowest BCUT2D eigenvalue weighted by Gasteiger charge is -2.34. The van der Waals surface area contributed by atoms with Gasteiger partial charge in [-0.05, 0) is 31.2 Å². The minimum atomic E-state index is -0.356. The van der Waals surface area contributed by atoms with E-state index in [1.165, 1.54) is 5.56 Å². The highest BCUT2D eigenvalue weighted by molar-refractivity contribution is 5.93. The number of piperazine rings is 1. The molecular weight excluding hydrogens is 424 g/mol. The summed E-state index contributed by atoms with van der Waals surface area (Å²) >= 11 is 0. The van der Waals surface area contributed by atoms with Crippen LogP contribution < -0.4 is 15.7 Å². The molecule has 1 saturated heterocycles. The van der Waals surface area contributed by atoms with E-state index in [-0.39, 0.29) is 30.3 Å². The fourth-order valence-corrected chi connectivity index (χ4v) is 3.72. The monoisotopic (exact) mass is 452 g/mol. The van der Waals surface area contributed by atoms with Gasteiger partial charge in [0.05, 0.1) is 5.52 Å². The van der Waals surface area contributed by atoms with Gasteiger partial charge < -0.3 is 19.9 Å². The van der Waals surface area contributed by atoms with Crippen molar-refractivity contribution in [2.75, 3.05) is 44.6 Å². The Kier molecular flexibility index (Phi) is 7.04. The zero-order valence-corrected chi connectivity index (χ0v) is 18.6. The van der Waals surface area contributed by atoms with Crippen molar-refractivity contribution < 1.29 is 14.3 Å². The molecule has 3 aromatic rings. The summed E-state index contributed by atoms with van der Waals surface area (Å²) in [6.45, 7) is 6.31. The molecule has 0 saturated carbocycles. The molecule has 0 bridgehead atoms. The number of pyridine rings is 1. The predicted octanol–water partition coefficient (Wildman–Crippen LogP) is 1.50. The third-order valence-corrected chi connectivity index (χ3v) is 5.63. The van der Waals surface area contributed by atoms with E-state index in [1.54, 1.807) is 17.0 Å². The largest absolute Gasteiger partial charge is 0.492 e. The van der Waals surface area contributed by atoms with Gasteiger partial charge >= 0.3 is 5.69 Å². The van der Waals surface area contributed by atoms with Crippen molar-refractivity contribution in [2.24, 2.45) is 0 Å². The van der Waals surface area contributed by atoms with Crippen molar-refractivity contribution in [3.8, 4) is 5.75 Å². The zero-order chi connectivity index (χ0) is 23.2. The Balaban J connectivity index is 1.14. The van der Waals surface area contributed by atoms with Gasteiger partial charge in [0.1, 0.15) is 18.2 Å². The number of amides is 2. The molecule has 2 amide bonds. The van der Waals surface area contributed by atoms with E-state index in [9.17, 15) is 14.4 Å². The van der Waals surface area contributed by atoms with Crippen LogP contribution in [0, 0.1) is 6.92 Å². The molecule has 3 N–H and O–H groups in total. The van der Waals surface area contributed by atoms with Crippen LogP contribution in [0.1, 0.15) is 18.4 Å². The summed E-state index contributed by atoms with van der Waals surface area (Å²) in [7, 11) is 0. The normalized spacial score (nSPS) is 14.4. The lowest BCUT2D eigenvalue weighted by molar-refractivity contribution is -0.134. The number of hydrogen-bond donors (Lipinski definition) is 3. The Hall–Kier alpha value is -3.66. The van der Waals surface area contributed by atoms with Gasteiger partial charge in [0.2, 0.25) is 11.8 Å². The Morgan fingerprint density at radius 2 is 1.79 bits per heavy atom. The zero-order valence-electron chi connectivity index (χ0n) is 18.6. The Morgan fingerprint density at radius 3 is 2.55 bits per heavy atom. The molecule has 1 aliphatic rings. The summed E-state index contributed by atoms with van der Waals surface area (Å²) in [5, 5.41) is 2.67. The number of imidazole rings is 1. The van der Waals surface area contributed by atoms with E-state index in [0.29, 0.717) is 36.7 Å². The molecule has 10 heteroatoms. The van der Waals surface area contributed by atoms with Crippen molar-refractivity contribution in [3.63, 3.8) is 0 Å². The molecule has 3 heterocycles. The van der Waals surface area contributed by atoms with Crippen molar-refractivity contribution in [2.45, 2.75) is 19.8 Å². The molecule has 2 aromatic heterocycles. The number of aryl methyl sites for hydroxylation is 1. The van der Waals surface area contributed by atoms with Crippen LogP contribution >= 0.6 is 0 Å². The van der Waals surface area contributed by atoms with Gasteiger partial charge in [0.15, 0.2) is 5.65 Å². The number of carbonyl (C=O) groups excluding carboxylic acids is 2. The second kappa shape index (κ2) is 10.3. The Bertz CT molecular complexity index is 1160. The second-order valence-electron chi connectivity index (χ2n) is 8.10. The molecule has 1 fully saturated rings. The van der Waals surface area contributed by atoms with E-state index >= 15 is 0 Å². The van der Waals surface area contributed by atoms with Crippen molar-refractivity contribution in [1.29, 1.82) is 0 Å². The van der Waals surface area contributed by atoms with Crippen LogP contribution in [0.4, 0.5) is 5.82 Å². The molecule has 10 nitrogen and oxygen atoms in total. The van der Waals surface area contributed by atoms with Crippen LogP contribution in [0.5, 0.6) is 5.75 Å². The minimum Gasteiger partial charge on any atom is -0.492 e. The fraction of sp³-hybridized carbons (Fsp3) is 0.391. The molecule has 33 heavy (non-hydrogen) atoms. The molecule has 0 atom stereocenters. The van der Waals surface area contributed by atoms with Gasteiger partial charge in [-0.1, -0.05) is 17.7 Å². The summed E-state index contributed by atoms with van der Waals surface area (Å²) in [5.74, 6) is 0.875. The van der Waals surface area contributed by atoms with E-state index < -0.39 is 0 Å². The number of fused-ring (bicyclic) bond motifs is 1. The third kappa shape index (κ3) is 6.19. The van der Waals surface area contributed by atoms with Crippen LogP contribution in [0.3, 0.4) is 0 Å². The van der Waals surface area contributed by atoms with Crippen LogP contribution in [-0.2, 0) is 9.59 Å². The molecule has 0 unspecified atom stereocenters. The van der Waals surface area contributed by atoms with Gasteiger partial charge in [0.25, 0.3) is 0 Å². The van der Waals surface area contributed by atoms with E-state index in [2.05, 4.69) is 25.2 Å². The number of rotatable bonds is 8. The number of benzene rings is 1. The van der Waals surface area contributed by atoms with Gasteiger partial charge in [-0.25, -0.2) is 9.78 Å². The van der Waals surface area contributed by atoms with Crippen LogP contribution in [-0.4, -0.2) is 75.9 Å². The van der Waals surface area contributed by atoms with Crippen molar-refractivity contribution in [3.05, 3.63) is 52.4 Å². The van der Waals surface area contributed by atoms with Gasteiger partial charge in [0, 0.05) is 45.6 Å². The lowest BCUT2D eigenvalue weighted by Crippen LogP contribution is -2.49. The Labute approximate surface area is 190 Å². The average Bonchev–Trinajstić information content (AvgIpc) is 3.18. The summed E-state index contributed by atoms with van der Waals surface area (Å²) in [6.07, 6.45) is 0.221. The third-order valence-electron chi connectivity index (χ3n) is 5.63. The molecule has 1 aromatic carbocycles. The van der Waals surface area contributed by atoms with Crippen LogP contribution in [0.15, 0.2) is 41.2 Å². The Morgan fingerprint density at radius 1 is 1.03 bits per heavy atom. The predicted molar refractivity (Wildman–Crippen MR) is 124 cm³/mol. The topological polar surface area (TPSA) is 123 Å². The maximum atomic E-state index is 12.5. The smallest absolute Gasteiger partial charge is 0.325 e. The molecule has 0 radical (unpaired) electrons. The number of hydrogen-bond acceptors (Lipinski definition) is 6. The first-order chi connectivity index (χ1) is 16.0. The highest BCUT2D eigenvalue weighted by atomic mass is 16.5. The molecular formula is C23H28N6O4. The molecule has 4 rings (SSSR count). The van der Waals surface area contributed by atoms with Gasteiger partial charge in [-0.3, -0.25) is 19.5 Å². The number of nitrogens with one attached hydrogen (secondary N) is 3. The number of anilines is 1. The minimum absolute atomic E-state index is 0.0286. The highest BCUT2D eigenvalue weighted by Crippen LogP contribution is 2.13. The average molecular weight is 453 g/mol. The van der Waals surface area contributed by atoms with E-state index in [1.807, 2.05) is 31.2 Å². The van der Waals surface area contributed by atoms with Crippen LogP contribution in [0.25, 0.3) is 11.2 Å². The SMILES string of the molecule is Cc1ccc(OCCN2CCN(C(=O)CCC(=O)Nc3ccc4[nH]c(=O)[nH]c4n3)CC2)cc1. The standard InChI is InChI=1S/C23H28N6O4/c1-16-2-4-17(5-3-16)33-15-14-28-10-12-29(13-11-28)21(31)9-8-20(30)25-19-7-6-18-22(26-19)27-23(32)24-18/h2-7H,8-15H2,1H3,(H3,24,25,26,27,30,32). The quantitative estimate of drug-likeness (QED) is 0.476. The summed E-state index contributed by atoms with van der Waals surface area (Å²) < 4.78 is 5.79. The van der Waals surface area contributed by atoms with Crippen LogP contribution in [0.2, 0.25) is 0 Å². The second-order valence-corrected chi connectivity index (χ2v) is 8.10. The maximum Gasteiger partial charge on any atom is 0.325 e.